The van der Waals surface area contributed by atoms with Crippen LogP contribution in [0.3, 0.4) is 0 Å². The molecule has 29 heavy (non-hydrogen) atoms. The molecule has 0 aliphatic heterocycles. The summed E-state index contributed by atoms with van der Waals surface area (Å²) in [4.78, 5) is 37.2. The number of para-hydroxylation sites is 1. The van der Waals surface area contributed by atoms with E-state index in [9.17, 15) is 14.4 Å². The molecule has 2 aromatic rings. The van der Waals surface area contributed by atoms with Crippen LogP contribution < -0.4 is 10.1 Å². The second-order valence-electron chi connectivity index (χ2n) is 6.47. The first-order chi connectivity index (χ1) is 13.8. The number of carbonyl (C=O) groups excluding carboxylic acids is 3. The van der Waals surface area contributed by atoms with E-state index in [0.717, 1.165) is 16.8 Å². The molecule has 2 aromatic carbocycles. The van der Waals surface area contributed by atoms with Crippen LogP contribution in [0.1, 0.15) is 11.1 Å². The number of halogens is 1. The van der Waals surface area contributed by atoms with Gasteiger partial charge in [-0.3, -0.25) is 9.59 Å². The highest BCUT2D eigenvalue weighted by Crippen LogP contribution is 2.19. The van der Waals surface area contributed by atoms with Crippen molar-refractivity contribution in [2.24, 2.45) is 0 Å². The van der Waals surface area contributed by atoms with E-state index in [0.29, 0.717) is 10.8 Å². The maximum Gasteiger partial charge on any atom is 0.344 e. The molecule has 0 saturated heterocycles. The van der Waals surface area contributed by atoms with E-state index in [-0.39, 0.29) is 19.1 Å². The van der Waals surface area contributed by atoms with E-state index in [4.69, 9.17) is 21.1 Å². The van der Waals surface area contributed by atoms with Gasteiger partial charge in [0.2, 0.25) is 5.91 Å². The highest BCUT2D eigenvalue weighted by atomic mass is 35.5. The maximum absolute atomic E-state index is 12.2. The second kappa shape index (κ2) is 10.5. The van der Waals surface area contributed by atoms with Crippen LogP contribution >= 0.6 is 11.6 Å². The van der Waals surface area contributed by atoms with Gasteiger partial charge in [0.1, 0.15) is 5.75 Å². The molecule has 0 saturated carbocycles. The molecule has 2 rings (SSSR count). The van der Waals surface area contributed by atoms with Crippen molar-refractivity contribution >= 4 is 35.1 Å². The van der Waals surface area contributed by atoms with Crippen molar-refractivity contribution < 1.29 is 23.9 Å². The number of likely N-dealkylation sites (N-methyl/N-ethyl adjacent to an activating group) is 1. The van der Waals surface area contributed by atoms with E-state index >= 15 is 0 Å². The number of hydrogen-bond donors (Lipinski definition) is 1. The summed E-state index contributed by atoms with van der Waals surface area (Å²) in [5.41, 5.74) is 2.59. The highest BCUT2D eigenvalue weighted by Gasteiger charge is 2.16. The lowest BCUT2D eigenvalue weighted by atomic mass is 10.1. The number of amides is 2. The molecule has 0 atom stereocenters. The third-order valence-electron chi connectivity index (χ3n) is 4.06. The predicted octanol–water partition coefficient (Wildman–Crippen LogP) is 2.98. The second-order valence-corrected chi connectivity index (χ2v) is 6.91. The number of hydrogen-bond acceptors (Lipinski definition) is 5. The standard InChI is InChI=1S/C21H23ClN2O5/c1-14-6-4-7-15(2)21(14)23-18(25)11-24(3)19(26)12-29-20(27)13-28-17-9-5-8-16(22)10-17/h4-10H,11-13H2,1-3H3,(H,23,25). The molecule has 8 heteroatoms. The van der Waals surface area contributed by atoms with Crippen molar-refractivity contribution in [3.8, 4) is 5.75 Å². The number of esters is 1. The summed E-state index contributed by atoms with van der Waals surface area (Å²) in [6.07, 6.45) is 0. The van der Waals surface area contributed by atoms with Crippen LogP contribution in [0, 0.1) is 13.8 Å². The molecule has 2 amide bonds. The number of aryl methyl sites for hydroxylation is 2. The van der Waals surface area contributed by atoms with Gasteiger partial charge in [-0.05, 0) is 43.2 Å². The number of anilines is 1. The zero-order valence-electron chi connectivity index (χ0n) is 16.5. The smallest absolute Gasteiger partial charge is 0.344 e. The van der Waals surface area contributed by atoms with Gasteiger partial charge in [-0.1, -0.05) is 35.9 Å². The molecule has 0 bridgehead atoms. The molecule has 0 fully saturated rings. The van der Waals surface area contributed by atoms with Crippen molar-refractivity contribution in [1.29, 1.82) is 0 Å². The fourth-order valence-corrected chi connectivity index (χ4v) is 2.67. The minimum atomic E-state index is -0.702. The molecule has 0 aliphatic rings. The summed E-state index contributed by atoms with van der Waals surface area (Å²) in [7, 11) is 1.46. The SMILES string of the molecule is Cc1cccc(C)c1NC(=O)CN(C)C(=O)COC(=O)COc1cccc(Cl)c1. The number of ether oxygens (including phenoxy) is 2. The first-order valence-corrected chi connectivity index (χ1v) is 9.28. The zero-order chi connectivity index (χ0) is 21.4. The Kier molecular flexibility index (Phi) is 8.03. The van der Waals surface area contributed by atoms with Gasteiger partial charge in [-0.2, -0.15) is 0 Å². The Balaban J connectivity index is 1.75. The van der Waals surface area contributed by atoms with Crippen LogP contribution in [0.25, 0.3) is 0 Å². The lowest BCUT2D eigenvalue weighted by molar-refractivity contribution is -0.153. The van der Waals surface area contributed by atoms with Crippen molar-refractivity contribution in [2.75, 3.05) is 32.1 Å². The molecule has 0 spiro atoms. The summed E-state index contributed by atoms with van der Waals surface area (Å²) < 4.78 is 10.1. The summed E-state index contributed by atoms with van der Waals surface area (Å²) in [5, 5.41) is 3.28. The average molecular weight is 419 g/mol. The molecule has 1 N–H and O–H groups in total. The fraction of sp³-hybridized carbons (Fsp3) is 0.286. The summed E-state index contributed by atoms with van der Waals surface area (Å²) >= 11 is 5.83. The molecular weight excluding hydrogens is 396 g/mol. The van der Waals surface area contributed by atoms with Crippen molar-refractivity contribution in [1.82, 2.24) is 4.90 Å². The van der Waals surface area contributed by atoms with Gasteiger partial charge in [0.25, 0.3) is 5.91 Å². The van der Waals surface area contributed by atoms with E-state index in [1.165, 1.54) is 11.9 Å². The van der Waals surface area contributed by atoms with Crippen molar-refractivity contribution in [2.45, 2.75) is 13.8 Å². The molecule has 7 nitrogen and oxygen atoms in total. The summed E-state index contributed by atoms with van der Waals surface area (Å²) in [6.45, 7) is 2.78. The summed E-state index contributed by atoms with van der Waals surface area (Å²) in [5.74, 6) is -1.13. The van der Waals surface area contributed by atoms with E-state index in [1.54, 1.807) is 24.3 Å². The zero-order valence-corrected chi connectivity index (χ0v) is 17.3. The highest BCUT2D eigenvalue weighted by molar-refractivity contribution is 6.30. The number of rotatable bonds is 8. The summed E-state index contributed by atoms with van der Waals surface area (Å²) in [6, 6.07) is 12.3. The first-order valence-electron chi connectivity index (χ1n) is 8.90. The number of benzene rings is 2. The molecule has 0 aliphatic carbocycles. The number of carbonyl (C=O) groups is 3. The number of nitrogens with one attached hydrogen (secondary N) is 1. The molecule has 154 valence electrons. The Morgan fingerprint density at radius 3 is 2.34 bits per heavy atom. The fourth-order valence-electron chi connectivity index (χ4n) is 2.49. The van der Waals surface area contributed by atoms with Gasteiger partial charge in [0, 0.05) is 17.8 Å². The average Bonchev–Trinajstić information content (AvgIpc) is 2.67. The molecule has 0 unspecified atom stereocenters. The molecule has 0 aromatic heterocycles. The van der Waals surface area contributed by atoms with Crippen LogP contribution in [0.2, 0.25) is 5.02 Å². The molecular formula is C21H23ClN2O5. The van der Waals surface area contributed by atoms with Crippen LogP contribution in [0.5, 0.6) is 5.75 Å². The number of nitrogens with zero attached hydrogens (tertiary/aromatic N) is 1. The van der Waals surface area contributed by atoms with Gasteiger partial charge in [0.15, 0.2) is 13.2 Å². The van der Waals surface area contributed by atoms with Crippen molar-refractivity contribution in [3.63, 3.8) is 0 Å². The Morgan fingerprint density at radius 2 is 1.69 bits per heavy atom. The van der Waals surface area contributed by atoms with Crippen molar-refractivity contribution in [3.05, 3.63) is 58.6 Å². The van der Waals surface area contributed by atoms with Gasteiger partial charge >= 0.3 is 5.97 Å². The van der Waals surface area contributed by atoms with E-state index in [1.807, 2.05) is 32.0 Å². The monoisotopic (exact) mass is 418 g/mol. The third kappa shape index (κ3) is 7.12. The first kappa shape index (κ1) is 22.2. The molecule has 0 radical (unpaired) electrons. The third-order valence-corrected chi connectivity index (χ3v) is 4.30. The Morgan fingerprint density at radius 1 is 1.03 bits per heavy atom. The lowest BCUT2D eigenvalue weighted by Gasteiger charge is -2.18. The van der Waals surface area contributed by atoms with Gasteiger partial charge in [0.05, 0.1) is 6.54 Å². The molecule has 0 heterocycles. The van der Waals surface area contributed by atoms with Gasteiger partial charge < -0.3 is 19.7 Å². The van der Waals surface area contributed by atoms with Crippen LogP contribution in [-0.2, 0) is 19.1 Å². The van der Waals surface area contributed by atoms with Crippen LogP contribution in [0.4, 0.5) is 5.69 Å². The van der Waals surface area contributed by atoms with Crippen LogP contribution in [0.15, 0.2) is 42.5 Å². The van der Waals surface area contributed by atoms with E-state index in [2.05, 4.69) is 5.32 Å². The van der Waals surface area contributed by atoms with Gasteiger partial charge in [-0.25, -0.2) is 4.79 Å². The predicted molar refractivity (Wildman–Crippen MR) is 110 cm³/mol. The van der Waals surface area contributed by atoms with E-state index < -0.39 is 18.5 Å². The Hall–Kier alpha value is -3.06. The Bertz CT molecular complexity index is 880. The lowest BCUT2D eigenvalue weighted by Crippen LogP contribution is -2.38. The maximum atomic E-state index is 12.2. The minimum absolute atomic E-state index is 0.164. The van der Waals surface area contributed by atoms with Crippen LogP contribution in [-0.4, -0.2) is 49.5 Å². The quantitative estimate of drug-likeness (QED) is 0.666. The largest absolute Gasteiger partial charge is 0.482 e. The topological polar surface area (TPSA) is 84.9 Å². The van der Waals surface area contributed by atoms with Gasteiger partial charge in [-0.15, -0.1) is 0 Å². The normalized spacial score (nSPS) is 10.2. The minimum Gasteiger partial charge on any atom is -0.482 e. The Labute approximate surface area is 174 Å².